The number of hydrogen-bond donors (Lipinski definition) is 0. The van der Waals surface area contributed by atoms with Gasteiger partial charge in [0.05, 0.1) is 12.2 Å². The van der Waals surface area contributed by atoms with Crippen molar-refractivity contribution in [3.63, 3.8) is 0 Å². The highest BCUT2D eigenvalue weighted by molar-refractivity contribution is 5.78. The van der Waals surface area contributed by atoms with Gasteiger partial charge in [-0.2, -0.15) is 18.3 Å². The Balaban J connectivity index is 1.51. The molecule has 2 aromatic rings. The number of carbonyl (C=O) groups excluding carboxylic acids is 1. The first kappa shape index (κ1) is 22.0. The van der Waals surface area contributed by atoms with Gasteiger partial charge in [-0.3, -0.25) is 9.69 Å². The van der Waals surface area contributed by atoms with E-state index in [1.165, 1.54) is 12.8 Å². The van der Waals surface area contributed by atoms with Crippen molar-refractivity contribution in [2.45, 2.75) is 64.0 Å². The number of aromatic nitrogens is 3. The molecule has 2 aliphatic rings. The van der Waals surface area contributed by atoms with Crippen LogP contribution in [-0.2, 0) is 11.0 Å². The Morgan fingerprint density at radius 3 is 2.48 bits per heavy atom. The predicted molar refractivity (Wildman–Crippen MR) is 111 cm³/mol. The lowest BCUT2D eigenvalue weighted by atomic mass is 10.1. The average molecular weight is 438 g/mol. The standard InChI is InChI=1S/C22H30F3N5O/c1-15(2)17-11-19(22(23,24)25)30-20(26-17)12-18(27-30)16-7-10-29(13-16)21(31)14-28-8-5-3-4-6-9-28/h11-12,15-16H,3-10,13-14H2,1-2H3. The number of hydrogen-bond acceptors (Lipinski definition) is 4. The smallest absolute Gasteiger partial charge is 0.341 e. The Labute approximate surface area is 180 Å². The van der Waals surface area contributed by atoms with Crippen molar-refractivity contribution in [1.29, 1.82) is 0 Å². The second-order valence-electron chi connectivity index (χ2n) is 9.07. The van der Waals surface area contributed by atoms with E-state index < -0.39 is 11.9 Å². The number of fused-ring (bicyclic) bond motifs is 1. The van der Waals surface area contributed by atoms with Crippen LogP contribution in [0.15, 0.2) is 12.1 Å². The van der Waals surface area contributed by atoms with E-state index in [2.05, 4.69) is 15.0 Å². The van der Waals surface area contributed by atoms with E-state index in [0.29, 0.717) is 37.4 Å². The molecule has 1 amide bonds. The molecule has 2 aromatic heterocycles. The summed E-state index contributed by atoms with van der Waals surface area (Å²) in [6.45, 7) is 7.09. The van der Waals surface area contributed by atoms with Gasteiger partial charge < -0.3 is 4.90 Å². The molecule has 1 unspecified atom stereocenters. The number of rotatable bonds is 4. The van der Waals surface area contributed by atoms with Crippen LogP contribution in [0.5, 0.6) is 0 Å². The number of halogens is 3. The average Bonchev–Trinajstić information content (AvgIpc) is 3.28. The Bertz CT molecular complexity index is 931. The molecule has 1 atom stereocenters. The second-order valence-corrected chi connectivity index (χ2v) is 9.07. The zero-order chi connectivity index (χ0) is 22.2. The molecule has 9 heteroatoms. The third kappa shape index (κ3) is 4.86. The van der Waals surface area contributed by atoms with Gasteiger partial charge in [0.2, 0.25) is 5.91 Å². The Morgan fingerprint density at radius 1 is 1.13 bits per heavy atom. The molecule has 6 nitrogen and oxygen atoms in total. The number of carbonyl (C=O) groups is 1. The van der Waals surface area contributed by atoms with Crippen molar-refractivity contribution in [3.05, 3.63) is 29.2 Å². The molecule has 2 aliphatic heterocycles. The van der Waals surface area contributed by atoms with Gasteiger partial charge in [0.25, 0.3) is 0 Å². The van der Waals surface area contributed by atoms with Crippen molar-refractivity contribution in [2.24, 2.45) is 0 Å². The van der Waals surface area contributed by atoms with Crippen molar-refractivity contribution in [2.75, 3.05) is 32.7 Å². The molecular formula is C22H30F3N5O. The van der Waals surface area contributed by atoms with Gasteiger partial charge in [-0.05, 0) is 44.3 Å². The minimum atomic E-state index is -4.51. The molecule has 0 spiro atoms. The molecule has 170 valence electrons. The maximum absolute atomic E-state index is 13.6. The maximum atomic E-state index is 13.6. The van der Waals surface area contributed by atoms with Crippen LogP contribution in [0.1, 0.15) is 74.9 Å². The summed E-state index contributed by atoms with van der Waals surface area (Å²) < 4.78 is 41.8. The molecule has 0 bridgehead atoms. The van der Waals surface area contributed by atoms with Crippen LogP contribution in [0, 0.1) is 0 Å². The van der Waals surface area contributed by atoms with Gasteiger partial charge in [0.15, 0.2) is 5.65 Å². The summed E-state index contributed by atoms with van der Waals surface area (Å²) in [6, 6.07) is 2.73. The summed E-state index contributed by atoms with van der Waals surface area (Å²) in [6.07, 6.45) is 0.884. The number of alkyl halides is 3. The SMILES string of the molecule is CC(C)c1cc(C(F)(F)F)n2nc(C3CCN(C(=O)CN4CCCCCC4)C3)cc2n1. The summed E-state index contributed by atoms with van der Waals surface area (Å²) >= 11 is 0. The molecule has 0 radical (unpaired) electrons. The molecular weight excluding hydrogens is 407 g/mol. The summed E-state index contributed by atoms with van der Waals surface area (Å²) in [5.74, 6) is -0.0919. The molecule has 0 aromatic carbocycles. The topological polar surface area (TPSA) is 53.7 Å². The van der Waals surface area contributed by atoms with Gasteiger partial charge in [-0.1, -0.05) is 26.7 Å². The fraction of sp³-hybridized carbons (Fsp3) is 0.682. The van der Waals surface area contributed by atoms with Crippen LogP contribution in [-0.4, -0.2) is 63.0 Å². The van der Waals surface area contributed by atoms with E-state index in [-0.39, 0.29) is 23.4 Å². The fourth-order valence-corrected chi connectivity index (χ4v) is 4.52. The Morgan fingerprint density at radius 2 is 1.84 bits per heavy atom. The molecule has 0 saturated carbocycles. The predicted octanol–water partition coefficient (Wildman–Crippen LogP) is 4.06. The van der Waals surface area contributed by atoms with E-state index in [0.717, 1.165) is 36.5 Å². The Hall–Kier alpha value is -2.16. The highest BCUT2D eigenvalue weighted by atomic mass is 19.4. The largest absolute Gasteiger partial charge is 0.433 e. The van der Waals surface area contributed by atoms with E-state index in [1.54, 1.807) is 6.07 Å². The van der Waals surface area contributed by atoms with Crippen molar-refractivity contribution < 1.29 is 18.0 Å². The lowest BCUT2D eigenvalue weighted by molar-refractivity contribution is -0.142. The zero-order valence-corrected chi connectivity index (χ0v) is 18.2. The molecule has 2 fully saturated rings. The Kier molecular flexibility index (Phi) is 6.23. The van der Waals surface area contributed by atoms with Crippen LogP contribution in [0.25, 0.3) is 5.65 Å². The van der Waals surface area contributed by atoms with Crippen LogP contribution in [0.2, 0.25) is 0 Å². The molecule has 0 aliphatic carbocycles. The normalized spacial score (nSPS) is 21.2. The van der Waals surface area contributed by atoms with Gasteiger partial charge in [0, 0.05) is 30.8 Å². The highest BCUT2D eigenvalue weighted by Crippen LogP contribution is 2.33. The quantitative estimate of drug-likeness (QED) is 0.724. The second kappa shape index (κ2) is 8.76. The number of amides is 1. The first-order valence-electron chi connectivity index (χ1n) is 11.2. The van der Waals surface area contributed by atoms with Crippen molar-refractivity contribution in [1.82, 2.24) is 24.4 Å². The molecule has 31 heavy (non-hydrogen) atoms. The van der Waals surface area contributed by atoms with Crippen molar-refractivity contribution in [3.8, 4) is 0 Å². The lowest BCUT2D eigenvalue weighted by Gasteiger charge is -2.23. The van der Waals surface area contributed by atoms with Gasteiger partial charge in [0.1, 0.15) is 5.69 Å². The molecule has 0 N–H and O–H groups in total. The van der Waals surface area contributed by atoms with Crippen LogP contribution in [0.3, 0.4) is 0 Å². The maximum Gasteiger partial charge on any atom is 0.433 e. The lowest BCUT2D eigenvalue weighted by Crippen LogP contribution is -2.39. The van der Waals surface area contributed by atoms with Crippen LogP contribution in [0.4, 0.5) is 13.2 Å². The van der Waals surface area contributed by atoms with E-state index in [1.807, 2.05) is 18.7 Å². The highest BCUT2D eigenvalue weighted by Gasteiger charge is 2.36. The number of likely N-dealkylation sites (tertiary alicyclic amines) is 2. The van der Waals surface area contributed by atoms with Gasteiger partial charge in [-0.25, -0.2) is 9.50 Å². The summed E-state index contributed by atoms with van der Waals surface area (Å²) in [5.41, 5.74) is 0.373. The summed E-state index contributed by atoms with van der Waals surface area (Å²) in [4.78, 5) is 21.2. The monoisotopic (exact) mass is 437 g/mol. The van der Waals surface area contributed by atoms with Gasteiger partial charge >= 0.3 is 6.18 Å². The first-order chi connectivity index (χ1) is 14.7. The fourth-order valence-electron chi connectivity index (χ4n) is 4.52. The van der Waals surface area contributed by atoms with Crippen LogP contribution < -0.4 is 0 Å². The van der Waals surface area contributed by atoms with E-state index in [4.69, 9.17) is 0 Å². The third-order valence-corrected chi connectivity index (χ3v) is 6.36. The minimum absolute atomic E-state index is 0.0710. The van der Waals surface area contributed by atoms with E-state index >= 15 is 0 Å². The van der Waals surface area contributed by atoms with Gasteiger partial charge in [-0.15, -0.1) is 0 Å². The molecule has 2 saturated heterocycles. The first-order valence-corrected chi connectivity index (χ1v) is 11.2. The third-order valence-electron chi connectivity index (χ3n) is 6.36. The van der Waals surface area contributed by atoms with Crippen LogP contribution >= 0.6 is 0 Å². The summed E-state index contributed by atoms with van der Waals surface area (Å²) in [7, 11) is 0. The minimum Gasteiger partial charge on any atom is -0.341 e. The number of nitrogens with zero attached hydrogens (tertiary/aromatic N) is 5. The summed E-state index contributed by atoms with van der Waals surface area (Å²) in [5, 5.41) is 4.27. The van der Waals surface area contributed by atoms with E-state index in [9.17, 15) is 18.0 Å². The zero-order valence-electron chi connectivity index (χ0n) is 18.2. The van der Waals surface area contributed by atoms with Crippen molar-refractivity contribution >= 4 is 11.6 Å². The molecule has 4 rings (SSSR count). The molecule has 4 heterocycles.